The summed E-state index contributed by atoms with van der Waals surface area (Å²) in [5.74, 6) is 0.771. The van der Waals surface area contributed by atoms with Gasteiger partial charge in [-0.15, -0.1) is 11.3 Å². The van der Waals surface area contributed by atoms with E-state index < -0.39 is 6.09 Å². The highest BCUT2D eigenvalue weighted by Gasteiger charge is 2.50. The molecule has 1 aliphatic carbocycles. The number of piperidine rings is 1. The van der Waals surface area contributed by atoms with Gasteiger partial charge in [-0.1, -0.05) is 23.4 Å². The first-order chi connectivity index (χ1) is 17.4. The largest absolute Gasteiger partial charge is 0.465 e. The van der Waals surface area contributed by atoms with E-state index in [1.165, 1.54) is 29.4 Å². The monoisotopic (exact) mass is 541 g/mol. The van der Waals surface area contributed by atoms with Crippen LogP contribution in [0.2, 0.25) is 5.02 Å². The van der Waals surface area contributed by atoms with Crippen molar-refractivity contribution in [2.45, 2.75) is 35.2 Å². The number of rotatable bonds is 4. The minimum atomic E-state index is -1.01. The van der Waals surface area contributed by atoms with Crippen molar-refractivity contribution >= 4 is 57.5 Å². The van der Waals surface area contributed by atoms with Gasteiger partial charge in [0.25, 0.3) is 5.56 Å². The smallest absolute Gasteiger partial charge is 0.405 e. The van der Waals surface area contributed by atoms with E-state index in [1.807, 2.05) is 6.07 Å². The van der Waals surface area contributed by atoms with Crippen molar-refractivity contribution in [1.82, 2.24) is 30.2 Å². The number of H-pyrrole nitrogens is 1. The second kappa shape index (κ2) is 9.02. The molecule has 1 amide bonds. The number of aromatic amines is 1. The van der Waals surface area contributed by atoms with Crippen LogP contribution in [0.3, 0.4) is 0 Å². The lowest BCUT2D eigenvalue weighted by Gasteiger charge is -2.43. The van der Waals surface area contributed by atoms with Crippen molar-refractivity contribution in [1.29, 1.82) is 0 Å². The summed E-state index contributed by atoms with van der Waals surface area (Å²) in [6.07, 6.45) is 6.23. The number of hydrogen-bond donors (Lipinski definition) is 3. The molecule has 1 atom stereocenters. The molecule has 3 aromatic heterocycles. The first-order valence-electron chi connectivity index (χ1n) is 11.3. The van der Waals surface area contributed by atoms with Crippen LogP contribution in [-0.2, 0) is 6.42 Å². The normalized spacial score (nSPS) is 18.5. The molecule has 6 rings (SSSR count). The molecule has 36 heavy (non-hydrogen) atoms. The van der Waals surface area contributed by atoms with Gasteiger partial charge < -0.3 is 20.3 Å². The molecule has 1 spiro atoms. The molecular formula is C23H20ClN7O3S2. The van der Waals surface area contributed by atoms with Gasteiger partial charge in [-0.2, -0.15) is 0 Å². The molecule has 1 fully saturated rings. The van der Waals surface area contributed by atoms with E-state index in [-0.39, 0.29) is 17.0 Å². The number of aromatic nitrogens is 5. The Bertz CT molecular complexity index is 1520. The maximum absolute atomic E-state index is 12.2. The number of amides is 1. The fraction of sp³-hybridized carbons (Fsp3) is 0.304. The molecule has 3 N–H and O–H groups in total. The molecule has 2 aliphatic rings. The van der Waals surface area contributed by atoms with Crippen LogP contribution in [0.5, 0.6) is 0 Å². The standard InChI is InChI=1S/C23H20ClN7O3S2/c24-18-14(2-1-12-17(18)21(32)28-10-27-12)36-16-9-25-15(8-26-16)31-5-3-23(4-6-31)7-13-19(35-11-29-13)20(23)30-22(33)34/h1-2,8-11,20,30H,3-7H2,(H,33,34)(H,27,28,32)/t20-/m0/s1. The van der Waals surface area contributed by atoms with E-state index >= 15 is 0 Å². The van der Waals surface area contributed by atoms with Crippen LogP contribution in [0.4, 0.5) is 10.6 Å². The minimum Gasteiger partial charge on any atom is -0.465 e. The molecule has 10 nitrogen and oxygen atoms in total. The van der Waals surface area contributed by atoms with Gasteiger partial charge in [0, 0.05) is 23.4 Å². The molecule has 4 aromatic rings. The van der Waals surface area contributed by atoms with Crippen LogP contribution in [0.25, 0.3) is 10.9 Å². The molecular weight excluding hydrogens is 522 g/mol. The zero-order valence-electron chi connectivity index (χ0n) is 18.8. The third-order valence-electron chi connectivity index (χ3n) is 6.96. The van der Waals surface area contributed by atoms with Crippen LogP contribution in [-0.4, -0.2) is 49.2 Å². The number of nitrogens with one attached hydrogen (secondary N) is 2. The molecule has 1 aliphatic heterocycles. The Morgan fingerprint density at radius 2 is 2.06 bits per heavy atom. The number of anilines is 1. The maximum atomic E-state index is 12.2. The van der Waals surface area contributed by atoms with Crippen molar-refractivity contribution in [2.24, 2.45) is 5.41 Å². The van der Waals surface area contributed by atoms with Gasteiger partial charge in [0.2, 0.25) is 0 Å². The predicted molar refractivity (Wildman–Crippen MR) is 137 cm³/mol. The Balaban J connectivity index is 1.16. The first kappa shape index (κ1) is 23.2. The summed E-state index contributed by atoms with van der Waals surface area (Å²) in [6, 6.07) is 3.35. The molecule has 4 heterocycles. The quantitative estimate of drug-likeness (QED) is 0.348. The lowest BCUT2D eigenvalue weighted by atomic mass is 9.73. The SMILES string of the molecule is O=C(O)N[C@H]1c2scnc2CC12CCN(c1cnc(Sc3ccc4nc[nH]c(=O)c4c3Cl)cn1)CC2. The van der Waals surface area contributed by atoms with E-state index in [1.54, 1.807) is 24.0 Å². The fourth-order valence-electron chi connectivity index (χ4n) is 5.17. The zero-order chi connectivity index (χ0) is 24.9. The summed E-state index contributed by atoms with van der Waals surface area (Å²) in [6.45, 7) is 1.50. The highest BCUT2D eigenvalue weighted by molar-refractivity contribution is 7.99. The molecule has 0 radical (unpaired) electrons. The Labute approximate surface area is 218 Å². The lowest BCUT2D eigenvalue weighted by molar-refractivity contribution is 0.142. The number of carboxylic acid groups (broad SMARTS) is 1. The lowest BCUT2D eigenvalue weighted by Crippen LogP contribution is -2.46. The molecule has 0 bridgehead atoms. The topological polar surface area (TPSA) is 137 Å². The second-order valence-corrected chi connectivity index (χ2v) is 11.2. The summed E-state index contributed by atoms with van der Waals surface area (Å²) < 4.78 is 0. The molecule has 1 aromatic carbocycles. The Morgan fingerprint density at radius 3 is 2.81 bits per heavy atom. The summed E-state index contributed by atoms with van der Waals surface area (Å²) in [4.78, 5) is 47.9. The summed E-state index contributed by atoms with van der Waals surface area (Å²) in [7, 11) is 0. The zero-order valence-corrected chi connectivity index (χ0v) is 21.2. The van der Waals surface area contributed by atoms with Gasteiger partial charge in [0.15, 0.2) is 0 Å². The van der Waals surface area contributed by atoms with E-state index in [0.717, 1.165) is 48.7 Å². The number of thiazole rings is 1. The summed E-state index contributed by atoms with van der Waals surface area (Å²) >= 11 is 9.35. The minimum absolute atomic E-state index is 0.160. The Morgan fingerprint density at radius 1 is 1.22 bits per heavy atom. The third-order valence-corrected chi connectivity index (χ3v) is 9.38. The molecule has 184 valence electrons. The van der Waals surface area contributed by atoms with Crippen LogP contribution in [0.15, 0.2) is 51.1 Å². The number of fused-ring (bicyclic) bond motifs is 2. The Kier molecular flexibility index (Phi) is 5.81. The predicted octanol–water partition coefficient (Wildman–Crippen LogP) is 4.13. The van der Waals surface area contributed by atoms with Crippen LogP contribution >= 0.6 is 34.7 Å². The van der Waals surface area contributed by atoms with Crippen LogP contribution < -0.4 is 15.8 Å². The first-order valence-corrected chi connectivity index (χ1v) is 13.3. The second-order valence-electron chi connectivity index (χ2n) is 8.89. The van der Waals surface area contributed by atoms with Crippen molar-refractivity contribution in [2.75, 3.05) is 18.0 Å². The number of halogens is 1. The van der Waals surface area contributed by atoms with E-state index in [2.05, 4.69) is 35.1 Å². The maximum Gasteiger partial charge on any atom is 0.405 e. The third kappa shape index (κ3) is 3.98. The van der Waals surface area contributed by atoms with Crippen molar-refractivity contribution in [3.05, 3.63) is 62.3 Å². The van der Waals surface area contributed by atoms with Crippen molar-refractivity contribution < 1.29 is 9.90 Å². The number of benzene rings is 1. The highest BCUT2D eigenvalue weighted by atomic mass is 35.5. The number of hydrogen-bond acceptors (Lipinski definition) is 9. The van der Waals surface area contributed by atoms with Gasteiger partial charge in [-0.3, -0.25) is 4.79 Å². The summed E-state index contributed by atoms with van der Waals surface area (Å²) in [5.41, 5.74) is 2.89. The van der Waals surface area contributed by atoms with Gasteiger partial charge in [0.1, 0.15) is 10.8 Å². The van der Waals surface area contributed by atoms with Crippen molar-refractivity contribution in [3.63, 3.8) is 0 Å². The highest BCUT2D eigenvalue weighted by Crippen LogP contribution is 2.53. The van der Waals surface area contributed by atoms with Crippen LogP contribution in [0.1, 0.15) is 29.5 Å². The molecule has 0 unspecified atom stereocenters. The summed E-state index contributed by atoms with van der Waals surface area (Å²) in [5, 5.41) is 13.5. The van der Waals surface area contributed by atoms with E-state index in [4.69, 9.17) is 11.6 Å². The van der Waals surface area contributed by atoms with Gasteiger partial charge in [0.05, 0.1) is 56.8 Å². The van der Waals surface area contributed by atoms with Gasteiger partial charge >= 0.3 is 6.09 Å². The number of carbonyl (C=O) groups is 1. The Hall–Kier alpha value is -3.22. The van der Waals surface area contributed by atoms with E-state index in [9.17, 15) is 14.7 Å². The van der Waals surface area contributed by atoms with E-state index in [0.29, 0.717) is 25.8 Å². The van der Waals surface area contributed by atoms with Crippen molar-refractivity contribution in [3.8, 4) is 0 Å². The fourth-order valence-corrected chi connectivity index (χ4v) is 7.29. The average Bonchev–Trinajstić information content (AvgIpc) is 3.42. The molecule has 0 saturated carbocycles. The van der Waals surface area contributed by atoms with Crippen LogP contribution in [0, 0.1) is 5.41 Å². The number of nitrogens with zero attached hydrogens (tertiary/aromatic N) is 5. The van der Waals surface area contributed by atoms with Gasteiger partial charge in [-0.25, -0.2) is 24.7 Å². The molecule has 13 heteroatoms. The average molecular weight is 542 g/mol. The molecule has 1 saturated heterocycles. The van der Waals surface area contributed by atoms with Gasteiger partial charge in [-0.05, 0) is 31.4 Å².